The standard InChI is InChI=1S/C17H36N2O2/c1-13(2)7-10-19(11-8-14(3)4)12-9-16(17(20)21)18-15(5)6/h13-16,18H,7-12H2,1-6H3,(H,20,21). The van der Waals surface area contributed by atoms with Crippen molar-refractivity contribution < 1.29 is 9.90 Å². The van der Waals surface area contributed by atoms with Crippen LogP contribution in [-0.4, -0.2) is 47.7 Å². The Hall–Kier alpha value is -0.610. The Morgan fingerprint density at radius 2 is 1.33 bits per heavy atom. The summed E-state index contributed by atoms with van der Waals surface area (Å²) in [5.41, 5.74) is 0. The van der Waals surface area contributed by atoms with E-state index in [2.05, 4.69) is 37.9 Å². The lowest BCUT2D eigenvalue weighted by molar-refractivity contribution is -0.140. The van der Waals surface area contributed by atoms with E-state index in [4.69, 9.17) is 0 Å². The highest BCUT2D eigenvalue weighted by Gasteiger charge is 2.19. The molecule has 4 heteroatoms. The third kappa shape index (κ3) is 11.7. The van der Waals surface area contributed by atoms with E-state index < -0.39 is 12.0 Å². The van der Waals surface area contributed by atoms with Gasteiger partial charge in [0, 0.05) is 12.6 Å². The molecule has 0 aliphatic heterocycles. The molecular formula is C17H36N2O2. The molecular weight excluding hydrogens is 264 g/mol. The number of rotatable bonds is 12. The van der Waals surface area contributed by atoms with Crippen LogP contribution in [0.2, 0.25) is 0 Å². The molecule has 0 radical (unpaired) electrons. The first-order valence-corrected chi connectivity index (χ1v) is 8.43. The van der Waals surface area contributed by atoms with Crippen LogP contribution in [0, 0.1) is 11.8 Å². The van der Waals surface area contributed by atoms with E-state index in [0.29, 0.717) is 18.3 Å². The summed E-state index contributed by atoms with van der Waals surface area (Å²) in [6, 6.07) is -0.239. The monoisotopic (exact) mass is 300 g/mol. The van der Waals surface area contributed by atoms with Crippen LogP contribution in [0.15, 0.2) is 0 Å². The summed E-state index contributed by atoms with van der Waals surface area (Å²) >= 11 is 0. The van der Waals surface area contributed by atoms with Gasteiger partial charge >= 0.3 is 5.97 Å². The Balaban J connectivity index is 4.37. The number of nitrogens with zero attached hydrogens (tertiary/aromatic N) is 1. The van der Waals surface area contributed by atoms with Crippen molar-refractivity contribution in [3.8, 4) is 0 Å². The van der Waals surface area contributed by atoms with E-state index in [-0.39, 0.29) is 6.04 Å². The molecule has 0 fully saturated rings. The van der Waals surface area contributed by atoms with Gasteiger partial charge in [-0.05, 0) is 44.2 Å². The minimum absolute atomic E-state index is 0.200. The first-order chi connectivity index (χ1) is 9.72. The predicted molar refractivity (Wildman–Crippen MR) is 89.7 cm³/mol. The van der Waals surface area contributed by atoms with E-state index in [9.17, 15) is 9.90 Å². The Kier molecular flexibility index (Phi) is 10.7. The van der Waals surface area contributed by atoms with Gasteiger partial charge in [0.15, 0.2) is 0 Å². The summed E-state index contributed by atoms with van der Waals surface area (Å²) in [6.45, 7) is 15.9. The smallest absolute Gasteiger partial charge is 0.320 e. The topological polar surface area (TPSA) is 52.6 Å². The SMILES string of the molecule is CC(C)CCN(CCC(C)C)CCC(NC(C)C)C(=O)O. The number of hydrogen-bond donors (Lipinski definition) is 2. The molecule has 0 heterocycles. The van der Waals surface area contributed by atoms with Gasteiger partial charge in [-0.15, -0.1) is 0 Å². The van der Waals surface area contributed by atoms with Gasteiger partial charge < -0.3 is 15.3 Å². The van der Waals surface area contributed by atoms with Gasteiger partial charge in [-0.25, -0.2) is 0 Å². The summed E-state index contributed by atoms with van der Waals surface area (Å²) in [4.78, 5) is 13.7. The molecule has 0 saturated heterocycles. The largest absolute Gasteiger partial charge is 0.480 e. The molecule has 0 rings (SSSR count). The average Bonchev–Trinajstić information content (AvgIpc) is 2.34. The molecule has 0 aromatic heterocycles. The van der Waals surface area contributed by atoms with E-state index in [1.807, 2.05) is 13.8 Å². The molecule has 0 aromatic rings. The number of aliphatic carboxylic acids is 1. The maximum absolute atomic E-state index is 11.3. The summed E-state index contributed by atoms with van der Waals surface area (Å²) in [5, 5.41) is 12.4. The number of carboxylic acids is 1. The zero-order chi connectivity index (χ0) is 16.4. The van der Waals surface area contributed by atoms with E-state index in [1.165, 1.54) is 12.8 Å². The van der Waals surface area contributed by atoms with Crippen molar-refractivity contribution in [2.24, 2.45) is 11.8 Å². The van der Waals surface area contributed by atoms with Crippen LogP contribution in [0.1, 0.15) is 60.8 Å². The second kappa shape index (κ2) is 11.0. The van der Waals surface area contributed by atoms with E-state index in [0.717, 1.165) is 19.6 Å². The number of carboxylic acid groups (broad SMARTS) is 1. The predicted octanol–water partition coefficient (Wildman–Crippen LogP) is 3.22. The maximum atomic E-state index is 11.3. The van der Waals surface area contributed by atoms with Crippen LogP contribution in [0.25, 0.3) is 0 Å². The van der Waals surface area contributed by atoms with Crippen LogP contribution in [-0.2, 0) is 4.79 Å². The highest BCUT2D eigenvalue weighted by atomic mass is 16.4. The maximum Gasteiger partial charge on any atom is 0.320 e. The molecule has 126 valence electrons. The molecule has 0 bridgehead atoms. The lowest BCUT2D eigenvalue weighted by Crippen LogP contribution is -2.43. The van der Waals surface area contributed by atoms with Crippen LogP contribution in [0.3, 0.4) is 0 Å². The van der Waals surface area contributed by atoms with Crippen LogP contribution < -0.4 is 5.32 Å². The first kappa shape index (κ1) is 20.4. The molecule has 21 heavy (non-hydrogen) atoms. The van der Waals surface area contributed by atoms with Crippen molar-refractivity contribution in [3.05, 3.63) is 0 Å². The number of carbonyl (C=O) groups is 1. The highest BCUT2D eigenvalue weighted by Crippen LogP contribution is 2.08. The molecule has 0 amide bonds. The van der Waals surface area contributed by atoms with Gasteiger partial charge in [-0.1, -0.05) is 41.5 Å². The fraction of sp³-hybridized carbons (Fsp3) is 0.941. The lowest BCUT2D eigenvalue weighted by Gasteiger charge is -2.26. The Morgan fingerprint density at radius 3 is 1.67 bits per heavy atom. The van der Waals surface area contributed by atoms with Gasteiger partial charge in [0.2, 0.25) is 0 Å². The van der Waals surface area contributed by atoms with Crippen molar-refractivity contribution in [1.82, 2.24) is 10.2 Å². The molecule has 0 saturated carbocycles. The summed E-state index contributed by atoms with van der Waals surface area (Å²) in [6.07, 6.45) is 3.02. The fourth-order valence-electron chi connectivity index (χ4n) is 2.21. The molecule has 2 N–H and O–H groups in total. The average molecular weight is 300 g/mol. The molecule has 0 aromatic carbocycles. The van der Waals surface area contributed by atoms with Gasteiger partial charge in [0.05, 0.1) is 0 Å². The molecule has 1 atom stereocenters. The summed E-state index contributed by atoms with van der Waals surface area (Å²) < 4.78 is 0. The van der Waals surface area contributed by atoms with E-state index in [1.54, 1.807) is 0 Å². The summed E-state index contributed by atoms with van der Waals surface area (Å²) in [7, 11) is 0. The van der Waals surface area contributed by atoms with Gasteiger partial charge in [-0.3, -0.25) is 4.79 Å². The first-order valence-electron chi connectivity index (χ1n) is 8.43. The van der Waals surface area contributed by atoms with Crippen molar-refractivity contribution in [1.29, 1.82) is 0 Å². The van der Waals surface area contributed by atoms with Crippen LogP contribution in [0.5, 0.6) is 0 Å². The van der Waals surface area contributed by atoms with Gasteiger partial charge in [0.25, 0.3) is 0 Å². The Labute approximate surface area is 131 Å². The third-order valence-electron chi connectivity index (χ3n) is 3.61. The summed E-state index contributed by atoms with van der Waals surface area (Å²) in [5.74, 6) is 0.641. The van der Waals surface area contributed by atoms with Gasteiger partial charge in [0.1, 0.15) is 6.04 Å². The number of nitrogens with one attached hydrogen (secondary N) is 1. The lowest BCUT2D eigenvalue weighted by atomic mass is 10.1. The molecule has 4 nitrogen and oxygen atoms in total. The molecule has 1 unspecified atom stereocenters. The van der Waals surface area contributed by atoms with Crippen molar-refractivity contribution in [2.45, 2.75) is 72.9 Å². The van der Waals surface area contributed by atoms with Crippen molar-refractivity contribution >= 4 is 5.97 Å². The Bertz CT molecular complexity index is 266. The Morgan fingerprint density at radius 1 is 0.905 bits per heavy atom. The quantitative estimate of drug-likeness (QED) is 0.581. The molecule has 0 spiro atoms. The van der Waals surface area contributed by atoms with Crippen molar-refractivity contribution in [2.75, 3.05) is 19.6 Å². The minimum atomic E-state index is -0.739. The minimum Gasteiger partial charge on any atom is -0.480 e. The zero-order valence-electron chi connectivity index (χ0n) is 14.9. The van der Waals surface area contributed by atoms with Gasteiger partial charge in [-0.2, -0.15) is 0 Å². The van der Waals surface area contributed by atoms with Crippen molar-refractivity contribution in [3.63, 3.8) is 0 Å². The second-order valence-corrected chi connectivity index (χ2v) is 7.21. The third-order valence-corrected chi connectivity index (χ3v) is 3.61. The highest BCUT2D eigenvalue weighted by molar-refractivity contribution is 5.73. The molecule has 0 aliphatic carbocycles. The normalized spacial score (nSPS) is 13.6. The second-order valence-electron chi connectivity index (χ2n) is 7.21. The number of hydrogen-bond acceptors (Lipinski definition) is 3. The zero-order valence-corrected chi connectivity index (χ0v) is 14.9. The van der Waals surface area contributed by atoms with Crippen LogP contribution >= 0.6 is 0 Å². The fourth-order valence-corrected chi connectivity index (χ4v) is 2.21. The molecule has 0 aliphatic rings. The van der Waals surface area contributed by atoms with Crippen LogP contribution in [0.4, 0.5) is 0 Å². The van der Waals surface area contributed by atoms with E-state index >= 15 is 0 Å².